The van der Waals surface area contributed by atoms with Gasteiger partial charge in [0.2, 0.25) is 5.91 Å². The molecular weight excluding hydrogens is 206 g/mol. The maximum atomic E-state index is 11.1. The van der Waals surface area contributed by atoms with Gasteiger partial charge in [-0.3, -0.25) is 9.59 Å². The van der Waals surface area contributed by atoms with Crippen LogP contribution in [0.4, 0.5) is 0 Å². The summed E-state index contributed by atoms with van der Waals surface area (Å²) in [6.07, 6.45) is 2.24. The van der Waals surface area contributed by atoms with E-state index in [9.17, 15) is 9.59 Å². The summed E-state index contributed by atoms with van der Waals surface area (Å²) in [5, 5.41) is 8.25. The van der Waals surface area contributed by atoms with E-state index in [1.807, 2.05) is 18.9 Å². The molecule has 0 bridgehead atoms. The van der Waals surface area contributed by atoms with Crippen molar-refractivity contribution in [1.82, 2.24) is 4.90 Å². The van der Waals surface area contributed by atoms with E-state index in [4.69, 9.17) is 5.11 Å². The second kappa shape index (κ2) is 5.87. The van der Waals surface area contributed by atoms with E-state index in [1.165, 1.54) is 6.42 Å². The molecular formula is C12H23NO3. The molecule has 0 spiro atoms. The van der Waals surface area contributed by atoms with Gasteiger partial charge in [-0.2, -0.15) is 0 Å². The van der Waals surface area contributed by atoms with Gasteiger partial charge >= 0.3 is 5.97 Å². The molecule has 4 heteroatoms. The first-order chi connectivity index (χ1) is 7.16. The molecule has 1 heterocycles. The molecule has 1 saturated heterocycles. The Morgan fingerprint density at radius 3 is 2.12 bits per heavy atom. The van der Waals surface area contributed by atoms with Crippen LogP contribution in [0.5, 0.6) is 0 Å². The van der Waals surface area contributed by atoms with Crippen molar-refractivity contribution >= 4 is 11.9 Å². The van der Waals surface area contributed by atoms with E-state index in [0.29, 0.717) is 5.91 Å². The Labute approximate surface area is 97.6 Å². The molecule has 94 valence electrons. The summed E-state index contributed by atoms with van der Waals surface area (Å²) in [6, 6.07) is 0. The van der Waals surface area contributed by atoms with Gasteiger partial charge in [-0.1, -0.05) is 6.92 Å². The highest BCUT2D eigenvalue weighted by molar-refractivity contribution is 5.78. The lowest BCUT2D eigenvalue weighted by atomic mass is 9.98. The number of nitrogens with zero attached hydrogens (tertiary/aromatic N) is 1. The predicted octanol–water partition coefficient (Wildman–Crippen LogP) is 1.99. The van der Waals surface area contributed by atoms with Crippen LogP contribution in [0.15, 0.2) is 0 Å². The lowest BCUT2D eigenvalue weighted by molar-refractivity contribution is -0.145. The van der Waals surface area contributed by atoms with Crippen molar-refractivity contribution in [3.63, 3.8) is 0 Å². The van der Waals surface area contributed by atoms with Crippen molar-refractivity contribution in [3.05, 3.63) is 0 Å². The number of carbonyl (C=O) groups excluding carboxylic acids is 1. The predicted molar refractivity (Wildman–Crippen MR) is 63.1 cm³/mol. The second-order valence-electron chi connectivity index (χ2n) is 5.36. The van der Waals surface area contributed by atoms with Crippen LogP contribution >= 0.6 is 0 Å². The third-order valence-corrected chi connectivity index (χ3v) is 2.57. The molecule has 1 fully saturated rings. The number of rotatable bonds is 0. The molecule has 0 aromatic carbocycles. The Hall–Kier alpha value is -1.06. The number of amides is 1. The Morgan fingerprint density at radius 1 is 1.44 bits per heavy atom. The van der Waals surface area contributed by atoms with Crippen molar-refractivity contribution in [2.24, 2.45) is 11.3 Å². The highest BCUT2D eigenvalue weighted by Gasteiger charge is 2.21. The van der Waals surface area contributed by atoms with E-state index in [1.54, 1.807) is 20.8 Å². The first kappa shape index (κ1) is 14.9. The van der Waals surface area contributed by atoms with Gasteiger partial charge in [-0.25, -0.2) is 0 Å². The van der Waals surface area contributed by atoms with Gasteiger partial charge in [0.25, 0.3) is 0 Å². The lowest BCUT2D eigenvalue weighted by Gasteiger charge is -2.26. The summed E-state index contributed by atoms with van der Waals surface area (Å²) in [7, 11) is 1.87. The molecule has 0 aliphatic carbocycles. The maximum absolute atomic E-state index is 11.1. The molecule has 1 unspecified atom stereocenters. The molecule has 0 saturated carbocycles. The first-order valence-corrected chi connectivity index (χ1v) is 5.64. The molecule has 0 aromatic rings. The molecule has 1 amide bonds. The molecule has 1 N–H and O–H groups in total. The summed E-state index contributed by atoms with van der Waals surface area (Å²) in [5.74, 6) is -0.183. The lowest BCUT2D eigenvalue weighted by Crippen LogP contribution is -2.36. The van der Waals surface area contributed by atoms with Crippen LogP contribution < -0.4 is 0 Å². The number of carbonyl (C=O) groups is 2. The van der Waals surface area contributed by atoms with Gasteiger partial charge in [0.15, 0.2) is 0 Å². The van der Waals surface area contributed by atoms with E-state index in [0.717, 1.165) is 13.0 Å². The normalized spacial score (nSPS) is 21.2. The fraction of sp³-hybridized carbons (Fsp3) is 0.833. The molecule has 1 aliphatic heterocycles. The maximum Gasteiger partial charge on any atom is 0.308 e. The van der Waals surface area contributed by atoms with Crippen molar-refractivity contribution in [2.45, 2.75) is 40.5 Å². The van der Waals surface area contributed by atoms with Crippen LogP contribution in [0.2, 0.25) is 0 Å². The smallest absolute Gasteiger partial charge is 0.308 e. The highest BCUT2D eigenvalue weighted by Crippen LogP contribution is 2.14. The number of hydrogen-bond donors (Lipinski definition) is 1. The monoisotopic (exact) mass is 229 g/mol. The van der Waals surface area contributed by atoms with Gasteiger partial charge in [-0.05, 0) is 33.6 Å². The first-order valence-electron chi connectivity index (χ1n) is 5.64. The SMILES string of the molecule is CC(C)(C)C(=O)O.CC1CCCN(C)C1=O. The van der Waals surface area contributed by atoms with E-state index < -0.39 is 11.4 Å². The summed E-state index contributed by atoms with van der Waals surface area (Å²) in [4.78, 5) is 22.9. The number of carboxylic acids is 1. The minimum atomic E-state index is -0.757. The second-order valence-corrected chi connectivity index (χ2v) is 5.36. The van der Waals surface area contributed by atoms with Gasteiger partial charge in [0.1, 0.15) is 0 Å². The van der Waals surface area contributed by atoms with Crippen LogP contribution in [0.1, 0.15) is 40.5 Å². The van der Waals surface area contributed by atoms with Crippen molar-refractivity contribution in [1.29, 1.82) is 0 Å². The number of piperidine rings is 1. The molecule has 0 radical (unpaired) electrons. The summed E-state index contributed by atoms with van der Waals surface area (Å²) in [5.41, 5.74) is -0.583. The molecule has 16 heavy (non-hydrogen) atoms. The quantitative estimate of drug-likeness (QED) is 0.691. The van der Waals surface area contributed by atoms with E-state index in [-0.39, 0.29) is 5.92 Å². The summed E-state index contributed by atoms with van der Waals surface area (Å²) in [6.45, 7) is 7.93. The minimum Gasteiger partial charge on any atom is -0.481 e. The van der Waals surface area contributed by atoms with Crippen LogP contribution in [-0.2, 0) is 9.59 Å². The van der Waals surface area contributed by atoms with Crippen LogP contribution in [-0.4, -0.2) is 35.5 Å². The van der Waals surface area contributed by atoms with Crippen molar-refractivity contribution in [3.8, 4) is 0 Å². The van der Waals surface area contributed by atoms with Crippen LogP contribution in [0.3, 0.4) is 0 Å². The fourth-order valence-corrected chi connectivity index (χ4v) is 1.24. The largest absolute Gasteiger partial charge is 0.481 e. The average Bonchev–Trinajstić information content (AvgIpc) is 2.13. The van der Waals surface area contributed by atoms with Crippen molar-refractivity contribution < 1.29 is 14.7 Å². The molecule has 1 aliphatic rings. The zero-order chi connectivity index (χ0) is 12.9. The zero-order valence-electron chi connectivity index (χ0n) is 10.9. The van der Waals surface area contributed by atoms with Gasteiger partial charge in [-0.15, -0.1) is 0 Å². The zero-order valence-corrected chi connectivity index (χ0v) is 10.9. The third-order valence-electron chi connectivity index (χ3n) is 2.57. The number of aliphatic carboxylic acids is 1. The standard InChI is InChI=1S/C7H13NO.C5H10O2/c1-6-4-3-5-8(2)7(6)9;1-5(2,3)4(6)7/h6H,3-5H2,1-2H3;1-3H3,(H,6,7). The Bertz CT molecular complexity index is 243. The number of likely N-dealkylation sites (tertiary alicyclic amines) is 1. The molecule has 0 aromatic heterocycles. The Balaban J connectivity index is 0.000000293. The van der Waals surface area contributed by atoms with Gasteiger partial charge < -0.3 is 10.0 Å². The highest BCUT2D eigenvalue weighted by atomic mass is 16.4. The van der Waals surface area contributed by atoms with E-state index in [2.05, 4.69) is 0 Å². The Kier molecular flexibility index (Phi) is 5.48. The van der Waals surface area contributed by atoms with Crippen molar-refractivity contribution in [2.75, 3.05) is 13.6 Å². The fourth-order valence-electron chi connectivity index (χ4n) is 1.24. The average molecular weight is 229 g/mol. The number of carboxylic acid groups (broad SMARTS) is 1. The molecule has 4 nitrogen and oxygen atoms in total. The summed E-state index contributed by atoms with van der Waals surface area (Å²) < 4.78 is 0. The van der Waals surface area contributed by atoms with Gasteiger partial charge in [0.05, 0.1) is 5.41 Å². The molecule has 1 rings (SSSR count). The Morgan fingerprint density at radius 2 is 1.88 bits per heavy atom. The van der Waals surface area contributed by atoms with E-state index >= 15 is 0 Å². The number of hydrogen-bond acceptors (Lipinski definition) is 2. The minimum absolute atomic E-state index is 0.267. The molecule has 1 atom stereocenters. The van der Waals surface area contributed by atoms with Crippen LogP contribution in [0, 0.1) is 11.3 Å². The van der Waals surface area contributed by atoms with Gasteiger partial charge in [0, 0.05) is 19.5 Å². The van der Waals surface area contributed by atoms with Crippen LogP contribution in [0.25, 0.3) is 0 Å². The summed E-state index contributed by atoms with van der Waals surface area (Å²) >= 11 is 0. The topological polar surface area (TPSA) is 57.6 Å². The third kappa shape index (κ3) is 5.14.